The molecule has 0 fully saturated rings. The Balaban J connectivity index is 2.45. The van der Waals surface area contributed by atoms with Crippen LogP contribution in [0, 0.1) is 0 Å². The molecule has 1 heterocycles. The van der Waals surface area contributed by atoms with E-state index >= 15 is 0 Å². The molecule has 0 saturated heterocycles. The highest BCUT2D eigenvalue weighted by atomic mass is 32.2. The van der Waals surface area contributed by atoms with Gasteiger partial charge in [-0.2, -0.15) is 0 Å². The number of aliphatic imine (C=N–C) groups is 1. The molecule has 48 valence electrons. The van der Waals surface area contributed by atoms with Crippen molar-refractivity contribution < 1.29 is 0 Å². The fourth-order valence-electron chi connectivity index (χ4n) is 0.676. The van der Waals surface area contributed by atoms with Crippen LogP contribution in [-0.2, 0) is 0 Å². The first kappa shape index (κ1) is 6.62. The van der Waals surface area contributed by atoms with Gasteiger partial charge in [0.2, 0.25) is 0 Å². The lowest BCUT2D eigenvalue weighted by Crippen LogP contribution is -1.96. The molecule has 1 nitrogen and oxygen atoms in total. The zero-order valence-electron chi connectivity index (χ0n) is 5.21. The molecule has 2 heteroatoms. The van der Waals surface area contributed by atoms with Crippen LogP contribution in [0.4, 0.5) is 0 Å². The Hall–Kier alpha value is -0.500. The molecule has 1 unspecified atom stereocenters. The molecule has 1 aliphatic heterocycles. The average Bonchev–Trinajstić information content (AvgIpc) is 2.18. The summed E-state index contributed by atoms with van der Waals surface area (Å²) in [7, 11) is 0. The summed E-state index contributed by atoms with van der Waals surface area (Å²) in [6.07, 6.45) is 2.88. The maximum Gasteiger partial charge on any atom is 0.0606 e. The van der Waals surface area contributed by atoms with Crippen LogP contribution in [-0.4, -0.2) is 10.8 Å². The van der Waals surface area contributed by atoms with Crippen LogP contribution in [0.5, 0.6) is 0 Å². The zero-order chi connectivity index (χ0) is 6.69. The van der Waals surface area contributed by atoms with Crippen molar-refractivity contribution in [3.05, 3.63) is 24.9 Å². The lowest BCUT2D eigenvalue weighted by atomic mass is 10.2. The molecule has 0 radical (unpaired) electrons. The van der Waals surface area contributed by atoms with E-state index in [1.54, 1.807) is 11.8 Å². The Kier molecular flexibility index (Phi) is 2.11. The second kappa shape index (κ2) is 2.87. The molecule has 0 aromatic rings. The van der Waals surface area contributed by atoms with Gasteiger partial charge in [-0.15, -0.1) is 18.3 Å². The normalized spacial score (nSPS) is 24.9. The average molecular weight is 139 g/mol. The topological polar surface area (TPSA) is 12.4 Å². The van der Waals surface area contributed by atoms with Crippen LogP contribution >= 0.6 is 11.8 Å². The van der Waals surface area contributed by atoms with E-state index in [-0.39, 0.29) is 0 Å². The Morgan fingerprint density at radius 3 is 3.11 bits per heavy atom. The van der Waals surface area contributed by atoms with Crippen molar-refractivity contribution in [2.24, 2.45) is 4.99 Å². The lowest BCUT2D eigenvalue weighted by molar-refractivity contribution is 1.01. The van der Waals surface area contributed by atoms with E-state index in [4.69, 9.17) is 0 Å². The Bertz CT molecular complexity index is 160. The molecule has 0 aromatic heterocycles. The van der Waals surface area contributed by atoms with Crippen molar-refractivity contribution in [3.63, 3.8) is 0 Å². The number of rotatable bonds is 2. The largest absolute Gasteiger partial charge is 0.254 e. The van der Waals surface area contributed by atoms with E-state index in [2.05, 4.69) is 18.2 Å². The van der Waals surface area contributed by atoms with E-state index < -0.39 is 0 Å². The van der Waals surface area contributed by atoms with Gasteiger partial charge in [-0.1, -0.05) is 12.7 Å². The summed E-state index contributed by atoms with van der Waals surface area (Å²) in [5.74, 6) is 0. The molecule has 0 saturated carbocycles. The van der Waals surface area contributed by atoms with Gasteiger partial charge in [0, 0.05) is 5.70 Å². The van der Waals surface area contributed by atoms with Crippen LogP contribution in [0.15, 0.2) is 29.9 Å². The SMILES string of the molecule is C=CCC1SC=NC1=C. The van der Waals surface area contributed by atoms with E-state index in [9.17, 15) is 0 Å². The molecular formula is C7H9NS. The van der Waals surface area contributed by atoms with Crippen LogP contribution in [0.1, 0.15) is 6.42 Å². The van der Waals surface area contributed by atoms with Gasteiger partial charge < -0.3 is 0 Å². The third kappa shape index (κ3) is 1.45. The first-order valence-corrected chi connectivity index (χ1v) is 3.76. The Labute approximate surface area is 59.6 Å². The van der Waals surface area contributed by atoms with Gasteiger partial charge in [0.25, 0.3) is 0 Å². The fraction of sp³-hybridized carbons (Fsp3) is 0.286. The molecule has 0 aliphatic carbocycles. The highest BCUT2D eigenvalue weighted by molar-refractivity contribution is 8.13. The van der Waals surface area contributed by atoms with Crippen molar-refractivity contribution in [3.8, 4) is 0 Å². The molecule has 0 spiro atoms. The smallest absolute Gasteiger partial charge is 0.0606 e. The summed E-state index contributed by atoms with van der Waals surface area (Å²) < 4.78 is 0. The van der Waals surface area contributed by atoms with Crippen molar-refractivity contribution in [2.75, 3.05) is 0 Å². The molecular weight excluding hydrogens is 130 g/mol. The second-order valence-corrected chi connectivity index (χ2v) is 2.93. The number of nitrogens with zero attached hydrogens (tertiary/aromatic N) is 1. The molecule has 1 aliphatic rings. The maximum absolute atomic E-state index is 4.03. The predicted molar refractivity (Wildman–Crippen MR) is 43.8 cm³/mol. The monoisotopic (exact) mass is 139 g/mol. The van der Waals surface area contributed by atoms with Gasteiger partial charge in [-0.05, 0) is 6.42 Å². The minimum atomic E-state index is 0.461. The van der Waals surface area contributed by atoms with Crippen molar-refractivity contribution in [2.45, 2.75) is 11.7 Å². The number of thioether (sulfide) groups is 1. The summed E-state index contributed by atoms with van der Waals surface area (Å²) in [6.45, 7) is 7.44. The van der Waals surface area contributed by atoms with Gasteiger partial charge in [0.05, 0.1) is 10.8 Å². The third-order valence-corrected chi connectivity index (χ3v) is 2.22. The minimum absolute atomic E-state index is 0.461. The standard InChI is InChI=1S/C7H9NS/c1-3-4-7-6(2)8-5-9-7/h3,5,7H,1-2,4H2. The van der Waals surface area contributed by atoms with E-state index in [0.29, 0.717) is 5.25 Å². The van der Waals surface area contributed by atoms with Crippen molar-refractivity contribution in [1.29, 1.82) is 0 Å². The van der Waals surface area contributed by atoms with Crippen LogP contribution in [0.2, 0.25) is 0 Å². The maximum atomic E-state index is 4.03. The number of hydrogen-bond donors (Lipinski definition) is 0. The summed E-state index contributed by atoms with van der Waals surface area (Å²) in [5, 5.41) is 0.461. The molecule has 0 bridgehead atoms. The molecule has 0 aromatic carbocycles. The predicted octanol–water partition coefficient (Wildman–Crippen LogP) is 2.22. The summed E-state index contributed by atoms with van der Waals surface area (Å²) in [4.78, 5) is 4.03. The van der Waals surface area contributed by atoms with E-state index in [1.807, 2.05) is 11.6 Å². The highest BCUT2D eigenvalue weighted by Gasteiger charge is 2.13. The summed E-state index contributed by atoms with van der Waals surface area (Å²) in [6, 6.07) is 0. The Morgan fingerprint density at radius 2 is 2.67 bits per heavy atom. The quantitative estimate of drug-likeness (QED) is 0.534. The minimum Gasteiger partial charge on any atom is -0.254 e. The van der Waals surface area contributed by atoms with Crippen LogP contribution < -0.4 is 0 Å². The van der Waals surface area contributed by atoms with Gasteiger partial charge in [0.15, 0.2) is 0 Å². The van der Waals surface area contributed by atoms with Gasteiger partial charge >= 0.3 is 0 Å². The van der Waals surface area contributed by atoms with Gasteiger partial charge in [-0.3, -0.25) is 4.99 Å². The highest BCUT2D eigenvalue weighted by Crippen LogP contribution is 2.26. The van der Waals surface area contributed by atoms with E-state index in [0.717, 1.165) is 12.1 Å². The second-order valence-electron chi connectivity index (χ2n) is 1.87. The first-order valence-electron chi connectivity index (χ1n) is 2.82. The third-order valence-electron chi connectivity index (χ3n) is 1.20. The Morgan fingerprint density at radius 1 is 1.89 bits per heavy atom. The lowest BCUT2D eigenvalue weighted by Gasteiger charge is -2.02. The van der Waals surface area contributed by atoms with Crippen LogP contribution in [0.25, 0.3) is 0 Å². The van der Waals surface area contributed by atoms with Gasteiger partial charge in [0.1, 0.15) is 0 Å². The summed E-state index contributed by atoms with van der Waals surface area (Å²) in [5.41, 5.74) is 2.82. The first-order chi connectivity index (χ1) is 4.34. The molecule has 1 rings (SSSR count). The molecule has 9 heavy (non-hydrogen) atoms. The summed E-state index contributed by atoms with van der Waals surface area (Å²) >= 11 is 1.71. The molecule has 1 atom stereocenters. The molecule has 0 amide bonds. The number of hydrogen-bond acceptors (Lipinski definition) is 2. The van der Waals surface area contributed by atoms with Crippen molar-refractivity contribution in [1.82, 2.24) is 0 Å². The van der Waals surface area contributed by atoms with Gasteiger partial charge in [-0.25, -0.2) is 0 Å². The van der Waals surface area contributed by atoms with Crippen molar-refractivity contribution >= 4 is 17.3 Å². The number of allylic oxidation sites excluding steroid dienone is 1. The van der Waals surface area contributed by atoms with E-state index in [1.165, 1.54) is 0 Å². The molecule has 0 N–H and O–H groups in total. The fourth-order valence-corrected chi connectivity index (χ4v) is 1.48. The van der Waals surface area contributed by atoms with Crippen LogP contribution in [0.3, 0.4) is 0 Å². The zero-order valence-corrected chi connectivity index (χ0v) is 6.03.